The minimum absolute atomic E-state index is 0.524. The molecule has 2 N–H and O–H groups in total. The van der Waals surface area contributed by atoms with Gasteiger partial charge in [0.2, 0.25) is 5.88 Å². The van der Waals surface area contributed by atoms with Crippen molar-refractivity contribution in [1.29, 1.82) is 0 Å². The Balaban J connectivity index is 1.54. The average molecular weight is 349 g/mol. The summed E-state index contributed by atoms with van der Waals surface area (Å²) in [5, 5.41) is 6.91. The van der Waals surface area contributed by atoms with Gasteiger partial charge < -0.3 is 15.4 Å². The largest absolute Gasteiger partial charge is 0.477 e. The molecule has 1 saturated carbocycles. The number of aromatic nitrogens is 1. The molecule has 1 atom stereocenters. The molecule has 0 radical (unpaired) electrons. The molecular weight excluding hydrogens is 320 g/mol. The lowest BCUT2D eigenvalue weighted by atomic mass is 10.2. The third kappa shape index (κ3) is 5.89. The topological polar surface area (TPSA) is 58.5 Å². The number of hydrogen-bond donors (Lipinski definition) is 2. The molecule has 2 aliphatic rings. The van der Waals surface area contributed by atoms with Gasteiger partial charge >= 0.3 is 0 Å². The maximum Gasteiger partial charge on any atom is 0.213 e. The summed E-state index contributed by atoms with van der Waals surface area (Å²) in [4.78, 5) is 9.02. The summed E-state index contributed by atoms with van der Waals surface area (Å²) in [7, 11) is 0. The highest BCUT2D eigenvalue weighted by Crippen LogP contribution is 2.29. The Hall–Kier alpha value is -1.43. The Kier molecular flexibility index (Phi) is 6.64. The molecule has 1 aliphatic carbocycles. The zero-order valence-corrected chi connectivity index (χ0v) is 15.3. The molecule has 0 bridgehead atoms. The van der Waals surface area contributed by atoms with Gasteiger partial charge in [-0.2, -0.15) is 11.8 Å². The van der Waals surface area contributed by atoms with E-state index in [0.29, 0.717) is 12.6 Å². The summed E-state index contributed by atoms with van der Waals surface area (Å²) in [6, 6.07) is 4.54. The number of thioether (sulfide) groups is 1. The molecule has 1 aliphatic heterocycles. The van der Waals surface area contributed by atoms with Crippen LogP contribution in [0.3, 0.4) is 0 Å². The van der Waals surface area contributed by atoms with Crippen LogP contribution in [0.25, 0.3) is 0 Å². The summed E-state index contributed by atoms with van der Waals surface area (Å²) >= 11 is 2.02. The fourth-order valence-electron chi connectivity index (χ4n) is 2.65. The van der Waals surface area contributed by atoms with Gasteiger partial charge in [0.15, 0.2) is 5.96 Å². The first kappa shape index (κ1) is 17.4. The zero-order chi connectivity index (χ0) is 16.6. The molecule has 24 heavy (non-hydrogen) atoms. The quantitative estimate of drug-likeness (QED) is 0.586. The summed E-state index contributed by atoms with van der Waals surface area (Å²) in [6.07, 6.45) is 6.91. The molecule has 132 valence electrons. The van der Waals surface area contributed by atoms with Crippen molar-refractivity contribution < 1.29 is 4.74 Å². The molecule has 1 aromatic rings. The number of rotatable bonds is 7. The lowest BCUT2D eigenvalue weighted by molar-refractivity contribution is 0.288. The second-order valence-corrected chi connectivity index (χ2v) is 7.66. The number of pyridine rings is 1. The molecule has 1 aromatic heterocycles. The summed E-state index contributed by atoms with van der Waals surface area (Å²) < 4.78 is 5.75. The molecule has 1 unspecified atom stereocenters. The van der Waals surface area contributed by atoms with Crippen LogP contribution in [0.2, 0.25) is 0 Å². The van der Waals surface area contributed by atoms with Gasteiger partial charge in [-0.15, -0.1) is 0 Å². The summed E-state index contributed by atoms with van der Waals surface area (Å²) in [5.41, 5.74) is 1.13. The van der Waals surface area contributed by atoms with Gasteiger partial charge in [0.1, 0.15) is 0 Å². The third-order valence-electron chi connectivity index (χ3n) is 4.23. The number of aliphatic imine (C=N–C) groups is 1. The van der Waals surface area contributed by atoms with E-state index < -0.39 is 0 Å². The van der Waals surface area contributed by atoms with E-state index in [-0.39, 0.29) is 0 Å². The standard InChI is InChI=1S/C18H28N4OS/c1-2-19-18(22-16-4-3-9-24-13-16)21-11-15-7-8-20-17(10-15)23-12-14-5-6-14/h7-8,10,14,16H,2-6,9,11-13H2,1H3,(H2,19,21,22). The van der Waals surface area contributed by atoms with Crippen molar-refractivity contribution >= 4 is 17.7 Å². The molecule has 0 spiro atoms. The molecule has 2 heterocycles. The van der Waals surface area contributed by atoms with E-state index in [2.05, 4.69) is 22.5 Å². The van der Waals surface area contributed by atoms with E-state index in [1.165, 1.54) is 37.2 Å². The molecule has 0 aromatic carbocycles. The molecule has 5 nitrogen and oxygen atoms in total. The number of guanidine groups is 1. The Morgan fingerprint density at radius 2 is 2.33 bits per heavy atom. The number of hydrogen-bond acceptors (Lipinski definition) is 4. The van der Waals surface area contributed by atoms with Crippen molar-refractivity contribution in [1.82, 2.24) is 15.6 Å². The predicted molar refractivity (Wildman–Crippen MR) is 101 cm³/mol. The van der Waals surface area contributed by atoms with E-state index >= 15 is 0 Å². The van der Waals surface area contributed by atoms with Crippen LogP contribution in [0.4, 0.5) is 0 Å². The smallest absolute Gasteiger partial charge is 0.213 e. The number of ether oxygens (including phenoxy) is 1. The van der Waals surface area contributed by atoms with Crippen LogP contribution in [0, 0.1) is 5.92 Å². The van der Waals surface area contributed by atoms with E-state index in [9.17, 15) is 0 Å². The van der Waals surface area contributed by atoms with Crippen molar-refractivity contribution in [3.05, 3.63) is 23.9 Å². The summed E-state index contributed by atoms with van der Waals surface area (Å²) in [6.45, 7) is 4.40. The van der Waals surface area contributed by atoms with Gasteiger partial charge in [0.05, 0.1) is 13.2 Å². The van der Waals surface area contributed by atoms with E-state index in [1.54, 1.807) is 0 Å². The Labute approximate surface area is 149 Å². The zero-order valence-electron chi connectivity index (χ0n) is 14.5. The molecular formula is C18H28N4OS. The Bertz CT molecular complexity index is 542. The molecule has 1 saturated heterocycles. The molecule has 2 fully saturated rings. The molecule has 6 heteroatoms. The predicted octanol–water partition coefficient (Wildman–Crippen LogP) is 2.82. The van der Waals surface area contributed by atoms with Crippen molar-refractivity contribution in [2.45, 2.75) is 45.2 Å². The van der Waals surface area contributed by atoms with Gasteiger partial charge in [0.25, 0.3) is 0 Å². The maximum absolute atomic E-state index is 5.75. The van der Waals surface area contributed by atoms with Crippen LogP contribution in [0.15, 0.2) is 23.3 Å². The van der Waals surface area contributed by atoms with Crippen molar-refractivity contribution in [3.63, 3.8) is 0 Å². The molecule has 0 amide bonds. The maximum atomic E-state index is 5.75. The van der Waals surface area contributed by atoms with Crippen LogP contribution in [-0.4, -0.2) is 41.6 Å². The van der Waals surface area contributed by atoms with Gasteiger partial charge in [0, 0.05) is 30.6 Å². The van der Waals surface area contributed by atoms with Crippen LogP contribution >= 0.6 is 11.8 Å². The number of nitrogens with one attached hydrogen (secondary N) is 2. The van der Waals surface area contributed by atoms with Crippen LogP contribution in [0.5, 0.6) is 5.88 Å². The van der Waals surface area contributed by atoms with Crippen LogP contribution in [0.1, 0.15) is 38.2 Å². The van der Waals surface area contributed by atoms with E-state index in [1.807, 2.05) is 30.1 Å². The van der Waals surface area contributed by atoms with Crippen molar-refractivity contribution in [2.75, 3.05) is 24.7 Å². The van der Waals surface area contributed by atoms with Gasteiger partial charge in [-0.05, 0) is 55.9 Å². The monoisotopic (exact) mass is 348 g/mol. The highest BCUT2D eigenvalue weighted by molar-refractivity contribution is 7.99. The lowest BCUT2D eigenvalue weighted by Gasteiger charge is -2.24. The van der Waals surface area contributed by atoms with E-state index in [0.717, 1.165) is 36.5 Å². The Morgan fingerprint density at radius 1 is 1.42 bits per heavy atom. The van der Waals surface area contributed by atoms with E-state index in [4.69, 9.17) is 9.73 Å². The second-order valence-electron chi connectivity index (χ2n) is 6.51. The highest BCUT2D eigenvalue weighted by atomic mass is 32.2. The van der Waals surface area contributed by atoms with Crippen molar-refractivity contribution in [2.24, 2.45) is 10.9 Å². The minimum atomic E-state index is 0.524. The number of nitrogens with zero attached hydrogens (tertiary/aromatic N) is 2. The van der Waals surface area contributed by atoms with Gasteiger partial charge in [-0.25, -0.2) is 9.98 Å². The van der Waals surface area contributed by atoms with Gasteiger partial charge in [-0.1, -0.05) is 0 Å². The average Bonchev–Trinajstić information content (AvgIpc) is 3.44. The first-order valence-corrected chi connectivity index (χ1v) is 10.2. The third-order valence-corrected chi connectivity index (χ3v) is 5.44. The highest BCUT2D eigenvalue weighted by Gasteiger charge is 2.22. The fraction of sp³-hybridized carbons (Fsp3) is 0.667. The Morgan fingerprint density at radius 3 is 3.08 bits per heavy atom. The minimum Gasteiger partial charge on any atom is -0.477 e. The van der Waals surface area contributed by atoms with Gasteiger partial charge in [-0.3, -0.25) is 0 Å². The summed E-state index contributed by atoms with van der Waals surface area (Å²) in [5.74, 6) is 4.82. The van der Waals surface area contributed by atoms with Crippen LogP contribution in [-0.2, 0) is 6.54 Å². The first-order valence-electron chi connectivity index (χ1n) is 9.04. The van der Waals surface area contributed by atoms with Crippen LogP contribution < -0.4 is 15.4 Å². The SMILES string of the molecule is CCNC(=NCc1ccnc(OCC2CC2)c1)NC1CCCSC1. The molecule has 3 rings (SSSR count). The normalized spacial score (nSPS) is 21.4. The first-order chi connectivity index (χ1) is 11.8. The van der Waals surface area contributed by atoms with Crippen molar-refractivity contribution in [3.8, 4) is 5.88 Å². The lowest BCUT2D eigenvalue weighted by Crippen LogP contribution is -2.45. The second kappa shape index (κ2) is 9.16. The fourth-order valence-corrected chi connectivity index (χ4v) is 3.73.